The van der Waals surface area contributed by atoms with Crippen LogP contribution in [0.25, 0.3) is 0 Å². The number of phenolic OH excluding ortho intramolecular Hbond substituents is 1. The second-order valence-electron chi connectivity index (χ2n) is 9.51. The molecular formula is C23H31NO3. The number of ether oxygens (including phenoxy) is 1. The van der Waals surface area contributed by atoms with Crippen molar-refractivity contribution in [3.8, 4) is 11.5 Å². The van der Waals surface area contributed by atoms with Crippen LogP contribution in [0.15, 0.2) is 12.1 Å². The molecule has 1 aromatic rings. The number of fused-ring (bicyclic) bond motifs is 1. The molecule has 2 saturated carbocycles. The van der Waals surface area contributed by atoms with E-state index < -0.39 is 0 Å². The largest absolute Gasteiger partial charge is 0.504 e. The number of likely N-dealkylation sites (tertiary alicyclic amines) is 1. The highest BCUT2D eigenvalue weighted by Gasteiger charge is 2.58. The number of benzene rings is 1. The fraction of sp³-hybridized carbons (Fsp3) is 0.696. The zero-order chi connectivity index (χ0) is 18.8. The smallest absolute Gasteiger partial charge is 0.161 e. The quantitative estimate of drug-likeness (QED) is 0.883. The number of phenols is 1. The monoisotopic (exact) mass is 369 g/mol. The lowest BCUT2D eigenvalue weighted by Crippen LogP contribution is -2.63. The summed E-state index contributed by atoms with van der Waals surface area (Å²) in [7, 11) is 1.61. The third-order valence-corrected chi connectivity index (χ3v) is 8.23. The van der Waals surface area contributed by atoms with Gasteiger partial charge in [-0.2, -0.15) is 0 Å². The van der Waals surface area contributed by atoms with E-state index in [1.54, 1.807) is 7.11 Å². The van der Waals surface area contributed by atoms with E-state index in [-0.39, 0.29) is 17.1 Å². The summed E-state index contributed by atoms with van der Waals surface area (Å²) < 4.78 is 5.42. The van der Waals surface area contributed by atoms with E-state index in [9.17, 15) is 9.90 Å². The fourth-order valence-electron chi connectivity index (χ4n) is 6.55. The Morgan fingerprint density at radius 2 is 2.15 bits per heavy atom. The van der Waals surface area contributed by atoms with Crippen molar-refractivity contribution in [1.82, 2.24) is 4.90 Å². The summed E-state index contributed by atoms with van der Waals surface area (Å²) >= 11 is 0. The third-order valence-electron chi connectivity index (χ3n) is 8.23. The SMILES string of the molecule is COc1ccc2c(c1O)[C@]13CCN(CC4CCC4)[C@H](C2)[C@@H]1C[C@H](C)C(=O)C3. The van der Waals surface area contributed by atoms with Gasteiger partial charge in [-0.15, -0.1) is 0 Å². The molecule has 2 bridgehead atoms. The second-order valence-corrected chi connectivity index (χ2v) is 9.51. The molecule has 3 aliphatic carbocycles. The molecule has 3 fully saturated rings. The van der Waals surface area contributed by atoms with Gasteiger partial charge in [0.25, 0.3) is 0 Å². The van der Waals surface area contributed by atoms with Crippen LogP contribution in [-0.4, -0.2) is 42.0 Å². The van der Waals surface area contributed by atoms with E-state index in [4.69, 9.17) is 4.74 Å². The molecule has 4 heteroatoms. The molecule has 0 amide bonds. The molecule has 27 heavy (non-hydrogen) atoms. The number of Topliss-reactive ketones (excluding diaryl/α,β-unsaturated/α-hetero) is 1. The van der Waals surface area contributed by atoms with Gasteiger partial charge in [-0.1, -0.05) is 19.4 Å². The minimum absolute atomic E-state index is 0.142. The zero-order valence-corrected chi connectivity index (χ0v) is 16.5. The standard InChI is InChI=1S/C23H31NO3/c1-14-10-17-18-11-16-6-7-20(27-2)22(26)21(16)23(17,12-19(14)25)8-9-24(18)13-15-4-3-5-15/h6-7,14-15,17-18,26H,3-5,8-13H2,1-2H3/t14-,17-,18+,23-/m0/s1. The van der Waals surface area contributed by atoms with Crippen LogP contribution >= 0.6 is 0 Å². The number of methoxy groups -OCH3 is 1. The fourth-order valence-corrected chi connectivity index (χ4v) is 6.55. The Kier molecular flexibility index (Phi) is 4.05. The van der Waals surface area contributed by atoms with Crippen LogP contribution in [0.2, 0.25) is 0 Å². The first-order chi connectivity index (χ1) is 13.0. The Hall–Kier alpha value is -1.55. The highest BCUT2D eigenvalue weighted by Crippen LogP contribution is 2.59. The van der Waals surface area contributed by atoms with E-state index in [1.165, 1.54) is 31.4 Å². The molecule has 0 aromatic heterocycles. The van der Waals surface area contributed by atoms with Crippen LogP contribution in [0.5, 0.6) is 11.5 Å². The van der Waals surface area contributed by atoms with Crippen molar-refractivity contribution >= 4 is 5.78 Å². The van der Waals surface area contributed by atoms with Gasteiger partial charge in [-0.3, -0.25) is 9.69 Å². The summed E-state index contributed by atoms with van der Waals surface area (Å²) in [5.41, 5.74) is 2.07. The minimum atomic E-state index is -0.198. The van der Waals surface area contributed by atoms with Gasteiger partial charge in [0.2, 0.25) is 0 Å². The summed E-state index contributed by atoms with van der Waals surface area (Å²) in [5.74, 6) is 2.67. The second kappa shape index (κ2) is 6.23. The van der Waals surface area contributed by atoms with Gasteiger partial charge in [0.1, 0.15) is 5.78 Å². The van der Waals surface area contributed by atoms with Crippen LogP contribution in [0, 0.1) is 17.8 Å². The average Bonchev–Trinajstić information content (AvgIpc) is 2.60. The number of carbonyl (C=O) groups is 1. The molecule has 1 N–H and O–H groups in total. The zero-order valence-electron chi connectivity index (χ0n) is 16.5. The highest BCUT2D eigenvalue weighted by molar-refractivity contribution is 5.84. The van der Waals surface area contributed by atoms with Crippen molar-refractivity contribution in [2.75, 3.05) is 20.2 Å². The van der Waals surface area contributed by atoms with Crippen molar-refractivity contribution in [1.29, 1.82) is 0 Å². The number of carbonyl (C=O) groups excluding carboxylic acids is 1. The first-order valence-corrected chi connectivity index (χ1v) is 10.7. The number of aromatic hydroxyl groups is 1. The Balaban J connectivity index is 1.60. The first kappa shape index (κ1) is 17.5. The summed E-state index contributed by atoms with van der Waals surface area (Å²) in [5, 5.41) is 11.0. The van der Waals surface area contributed by atoms with Gasteiger partial charge in [0.15, 0.2) is 11.5 Å². The van der Waals surface area contributed by atoms with Crippen LogP contribution in [-0.2, 0) is 16.6 Å². The Morgan fingerprint density at radius 1 is 1.33 bits per heavy atom. The van der Waals surface area contributed by atoms with E-state index in [0.717, 1.165) is 37.3 Å². The number of nitrogens with zero attached hydrogens (tertiary/aromatic N) is 1. The molecule has 4 nitrogen and oxygen atoms in total. The molecule has 0 radical (unpaired) electrons. The summed E-state index contributed by atoms with van der Waals surface area (Å²) in [6.45, 7) is 4.37. The molecule has 1 saturated heterocycles. The summed E-state index contributed by atoms with van der Waals surface area (Å²) in [6, 6.07) is 4.54. The summed E-state index contributed by atoms with van der Waals surface area (Å²) in [6.07, 6.45) is 7.66. The Bertz CT molecular complexity index is 771. The lowest BCUT2D eigenvalue weighted by Gasteiger charge is -2.60. The molecule has 1 heterocycles. The first-order valence-electron chi connectivity index (χ1n) is 10.7. The maximum absolute atomic E-state index is 12.8. The molecule has 0 unspecified atom stereocenters. The van der Waals surface area contributed by atoms with Crippen molar-refractivity contribution < 1.29 is 14.6 Å². The molecule has 1 aliphatic heterocycles. The third kappa shape index (κ3) is 2.48. The van der Waals surface area contributed by atoms with Crippen molar-refractivity contribution in [2.45, 2.75) is 63.3 Å². The maximum Gasteiger partial charge on any atom is 0.161 e. The highest BCUT2D eigenvalue weighted by atomic mass is 16.5. The van der Waals surface area contributed by atoms with Crippen molar-refractivity contribution in [3.63, 3.8) is 0 Å². The van der Waals surface area contributed by atoms with Gasteiger partial charge in [-0.25, -0.2) is 0 Å². The van der Waals surface area contributed by atoms with E-state index in [1.807, 2.05) is 6.07 Å². The lowest BCUT2D eigenvalue weighted by molar-refractivity contribution is -0.133. The van der Waals surface area contributed by atoms with Crippen LogP contribution in [0.3, 0.4) is 0 Å². The predicted molar refractivity (Wildman–Crippen MR) is 104 cm³/mol. The van der Waals surface area contributed by atoms with Gasteiger partial charge in [0.05, 0.1) is 7.11 Å². The van der Waals surface area contributed by atoms with E-state index >= 15 is 0 Å². The topological polar surface area (TPSA) is 49.8 Å². The minimum Gasteiger partial charge on any atom is -0.504 e. The van der Waals surface area contributed by atoms with Gasteiger partial charge >= 0.3 is 0 Å². The number of hydrogen-bond acceptors (Lipinski definition) is 4. The van der Waals surface area contributed by atoms with Crippen molar-refractivity contribution in [3.05, 3.63) is 23.3 Å². The van der Waals surface area contributed by atoms with Crippen LogP contribution in [0.1, 0.15) is 56.6 Å². The Morgan fingerprint density at radius 3 is 2.85 bits per heavy atom. The van der Waals surface area contributed by atoms with Gasteiger partial charge in [0, 0.05) is 35.9 Å². The molecule has 0 spiro atoms. The van der Waals surface area contributed by atoms with Crippen LogP contribution < -0.4 is 4.74 Å². The maximum atomic E-state index is 12.8. The number of ketones is 1. The summed E-state index contributed by atoms with van der Waals surface area (Å²) in [4.78, 5) is 15.5. The number of piperidine rings is 1. The van der Waals surface area contributed by atoms with E-state index in [0.29, 0.717) is 29.9 Å². The molecule has 5 rings (SSSR count). The number of rotatable bonds is 3. The van der Waals surface area contributed by atoms with Crippen LogP contribution in [0.4, 0.5) is 0 Å². The Labute approximate surface area is 161 Å². The normalized spacial score (nSPS) is 35.9. The molecule has 4 atom stereocenters. The molecule has 146 valence electrons. The molecule has 4 aliphatic rings. The van der Waals surface area contributed by atoms with Crippen molar-refractivity contribution in [2.24, 2.45) is 17.8 Å². The molecular weight excluding hydrogens is 338 g/mol. The lowest BCUT2D eigenvalue weighted by atomic mass is 9.50. The predicted octanol–water partition coefficient (Wildman–Crippen LogP) is 3.68. The van der Waals surface area contributed by atoms with Gasteiger partial charge < -0.3 is 9.84 Å². The number of hydrogen-bond donors (Lipinski definition) is 1. The van der Waals surface area contributed by atoms with E-state index in [2.05, 4.69) is 17.9 Å². The molecule has 1 aromatic carbocycles. The average molecular weight is 370 g/mol. The van der Waals surface area contributed by atoms with Gasteiger partial charge in [-0.05, 0) is 62.1 Å².